The summed E-state index contributed by atoms with van der Waals surface area (Å²) in [6.07, 6.45) is 2.50. The van der Waals surface area contributed by atoms with Crippen molar-refractivity contribution in [3.63, 3.8) is 0 Å². The van der Waals surface area contributed by atoms with Crippen LogP contribution in [0.2, 0.25) is 0 Å². The number of nitrogens with one attached hydrogen (secondary N) is 1. The molecule has 0 saturated heterocycles. The molecule has 5 rings (SSSR count). The number of benzene rings is 3. The van der Waals surface area contributed by atoms with Crippen LogP contribution in [-0.4, -0.2) is 30.9 Å². The molecule has 1 aliphatic rings. The van der Waals surface area contributed by atoms with Gasteiger partial charge >= 0.3 is 5.97 Å². The monoisotopic (exact) mass is 524 g/mol. The zero-order valence-electron chi connectivity index (χ0n) is 23.1. The van der Waals surface area contributed by atoms with E-state index >= 15 is 0 Å². The predicted octanol–water partition coefficient (Wildman–Crippen LogP) is 7.49. The van der Waals surface area contributed by atoms with E-state index in [0.29, 0.717) is 6.61 Å². The third-order valence-electron chi connectivity index (χ3n) is 7.61. The number of ether oxygens (including phenoxy) is 2. The van der Waals surface area contributed by atoms with Gasteiger partial charge in [0, 0.05) is 18.7 Å². The molecular weight excluding hydrogens is 488 g/mol. The third kappa shape index (κ3) is 5.62. The Morgan fingerprint density at radius 2 is 1.59 bits per heavy atom. The van der Waals surface area contributed by atoms with Gasteiger partial charge in [-0.1, -0.05) is 84.0 Å². The molecule has 6 nitrogen and oxygen atoms in total. The molecule has 202 valence electrons. The summed E-state index contributed by atoms with van der Waals surface area (Å²) in [4.78, 5) is 12.4. The molecule has 4 aromatic rings. The van der Waals surface area contributed by atoms with Crippen LogP contribution < -0.4 is 5.32 Å². The Morgan fingerprint density at radius 1 is 0.974 bits per heavy atom. The summed E-state index contributed by atoms with van der Waals surface area (Å²) in [7, 11) is 1.75. The Labute approximate surface area is 230 Å². The molecule has 2 atom stereocenters. The minimum absolute atomic E-state index is 0.00456. The molecule has 6 heteroatoms. The number of methoxy groups -OCH3 is 1. The van der Waals surface area contributed by atoms with Crippen LogP contribution >= 0.6 is 0 Å². The average molecular weight is 525 g/mol. The molecule has 1 aromatic heterocycles. The van der Waals surface area contributed by atoms with E-state index in [2.05, 4.69) is 78.1 Å². The van der Waals surface area contributed by atoms with E-state index < -0.39 is 5.41 Å². The second kappa shape index (κ2) is 11.5. The summed E-state index contributed by atoms with van der Waals surface area (Å²) < 4.78 is 16.8. The van der Waals surface area contributed by atoms with Crippen LogP contribution in [-0.2, 0) is 19.7 Å². The van der Waals surface area contributed by atoms with Gasteiger partial charge in [0.25, 0.3) is 0 Å². The van der Waals surface area contributed by atoms with Gasteiger partial charge in [-0.05, 0) is 62.3 Å². The SMILES string of the molecule is CCOC(=O)C1(c2ccc(-c3ccc(-c4onc(C)c4NC(C)CC(OC)c4ccccc4)cc3)cc2)CC1. The first-order valence-electron chi connectivity index (χ1n) is 13.6. The van der Waals surface area contributed by atoms with Gasteiger partial charge in [0.2, 0.25) is 0 Å². The maximum Gasteiger partial charge on any atom is 0.316 e. The zero-order chi connectivity index (χ0) is 27.4. The number of carbonyl (C=O) groups is 1. The van der Waals surface area contributed by atoms with Crippen molar-refractivity contribution in [1.82, 2.24) is 5.16 Å². The van der Waals surface area contributed by atoms with Crippen molar-refractivity contribution >= 4 is 11.7 Å². The van der Waals surface area contributed by atoms with E-state index in [1.54, 1.807) is 7.11 Å². The van der Waals surface area contributed by atoms with E-state index in [1.807, 2.05) is 32.0 Å². The molecule has 1 saturated carbocycles. The van der Waals surface area contributed by atoms with Crippen LogP contribution in [0.4, 0.5) is 5.69 Å². The number of aryl methyl sites for hydroxylation is 1. The molecule has 1 aliphatic carbocycles. The summed E-state index contributed by atoms with van der Waals surface area (Å²) in [5, 5.41) is 7.85. The van der Waals surface area contributed by atoms with E-state index in [0.717, 1.165) is 64.2 Å². The molecule has 0 amide bonds. The van der Waals surface area contributed by atoms with Crippen LogP contribution in [0, 0.1) is 6.92 Å². The Balaban J connectivity index is 1.29. The van der Waals surface area contributed by atoms with Crippen LogP contribution in [0.5, 0.6) is 0 Å². The molecule has 0 spiro atoms. The first-order valence-corrected chi connectivity index (χ1v) is 13.6. The Hall–Kier alpha value is -3.90. The van der Waals surface area contributed by atoms with Crippen LogP contribution in [0.3, 0.4) is 0 Å². The van der Waals surface area contributed by atoms with Gasteiger partial charge in [-0.25, -0.2) is 0 Å². The maximum absolute atomic E-state index is 12.4. The third-order valence-corrected chi connectivity index (χ3v) is 7.61. The minimum Gasteiger partial charge on any atom is -0.465 e. The average Bonchev–Trinajstić information content (AvgIpc) is 3.71. The molecule has 0 aliphatic heterocycles. The number of carbonyl (C=O) groups excluding carboxylic acids is 1. The Kier molecular flexibility index (Phi) is 7.84. The van der Waals surface area contributed by atoms with Crippen molar-refractivity contribution in [2.45, 2.75) is 57.6 Å². The fourth-order valence-corrected chi connectivity index (χ4v) is 5.20. The summed E-state index contributed by atoms with van der Waals surface area (Å²) >= 11 is 0. The predicted molar refractivity (Wildman–Crippen MR) is 154 cm³/mol. The van der Waals surface area contributed by atoms with Crippen molar-refractivity contribution in [2.75, 3.05) is 19.0 Å². The van der Waals surface area contributed by atoms with Gasteiger partial charge in [-0.15, -0.1) is 0 Å². The lowest BCUT2D eigenvalue weighted by molar-refractivity contribution is -0.146. The molecule has 1 fully saturated rings. The quantitative estimate of drug-likeness (QED) is 0.205. The summed E-state index contributed by atoms with van der Waals surface area (Å²) in [5.41, 5.74) is 6.61. The van der Waals surface area contributed by atoms with Gasteiger partial charge in [0.15, 0.2) is 5.76 Å². The maximum atomic E-state index is 12.4. The molecule has 1 heterocycles. The molecule has 0 bridgehead atoms. The van der Waals surface area contributed by atoms with Crippen molar-refractivity contribution in [2.24, 2.45) is 0 Å². The first kappa shape index (κ1) is 26.7. The lowest BCUT2D eigenvalue weighted by Gasteiger charge is -2.22. The van der Waals surface area contributed by atoms with E-state index in [1.165, 1.54) is 0 Å². The molecule has 3 aromatic carbocycles. The van der Waals surface area contributed by atoms with E-state index in [-0.39, 0.29) is 18.1 Å². The smallest absolute Gasteiger partial charge is 0.316 e. The number of nitrogens with zero attached hydrogens (tertiary/aromatic N) is 1. The first-order chi connectivity index (χ1) is 18.9. The standard InChI is InChI=1S/C33H36N2O4/c1-5-38-32(36)33(19-20-33)28-17-15-25(16-18-28)24-11-13-27(14-12-24)31-30(23(3)35-39-31)34-22(2)21-29(37-4)26-9-7-6-8-10-26/h6-18,22,29,34H,5,19-21H2,1-4H3. The van der Waals surface area contributed by atoms with Crippen molar-refractivity contribution in [1.29, 1.82) is 0 Å². The summed E-state index contributed by atoms with van der Waals surface area (Å²) in [6, 6.07) is 27.0. The van der Waals surface area contributed by atoms with Gasteiger partial charge in [0.1, 0.15) is 11.4 Å². The fourth-order valence-electron chi connectivity index (χ4n) is 5.20. The Bertz CT molecular complexity index is 1390. The van der Waals surface area contributed by atoms with Crippen molar-refractivity contribution in [3.8, 4) is 22.5 Å². The number of aromatic nitrogens is 1. The highest BCUT2D eigenvalue weighted by Gasteiger charge is 2.52. The zero-order valence-corrected chi connectivity index (χ0v) is 23.1. The van der Waals surface area contributed by atoms with Crippen LogP contribution in [0.1, 0.15) is 56.0 Å². The lowest BCUT2D eigenvalue weighted by atomic mass is 9.93. The fraction of sp³-hybridized carbons (Fsp3) is 0.333. The number of esters is 1. The van der Waals surface area contributed by atoms with Gasteiger partial charge in [-0.3, -0.25) is 4.79 Å². The number of anilines is 1. The minimum atomic E-state index is -0.451. The normalized spacial score (nSPS) is 15.4. The van der Waals surface area contributed by atoms with Crippen LogP contribution in [0.15, 0.2) is 83.4 Å². The molecule has 39 heavy (non-hydrogen) atoms. The highest BCUT2D eigenvalue weighted by Crippen LogP contribution is 2.49. The number of rotatable bonds is 11. The largest absolute Gasteiger partial charge is 0.465 e. The topological polar surface area (TPSA) is 73.6 Å². The lowest BCUT2D eigenvalue weighted by Crippen LogP contribution is -2.23. The van der Waals surface area contributed by atoms with Crippen molar-refractivity contribution < 1.29 is 18.8 Å². The summed E-state index contributed by atoms with van der Waals surface area (Å²) in [6.45, 7) is 6.36. The molecule has 0 radical (unpaired) electrons. The highest BCUT2D eigenvalue weighted by molar-refractivity contribution is 5.87. The number of hydrogen-bond acceptors (Lipinski definition) is 6. The number of hydrogen-bond donors (Lipinski definition) is 1. The van der Waals surface area contributed by atoms with Crippen molar-refractivity contribution in [3.05, 3.63) is 95.7 Å². The van der Waals surface area contributed by atoms with Gasteiger partial charge in [0.05, 0.1) is 18.1 Å². The summed E-state index contributed by atoms with van der Waals surface area (Å²) in [5.74, 6) is 0.612. The van der Waals surface area contributed by atoms with Gasteiger partial charge < -0.3 is 19.3 Å². The molecule has 2 unspecified atom stereocenters. The second-order valence-electron chi connectivity index (χ2n) is 10.3. The molecular formula is C33H36N2O4. The second-order valence-corrected chi connectivity index (χ2v) is 10.3. The molecule has 1 N–H and O–H groups in total. The van der Waals surface area contributed by atoms with Gasteiger partial charge in [-0.2, -0.15) is 0 Å². The van der Waals surface area contributed by atoms with E-state index in [4.69, 9.17) is 14.0 Å². The van der Waals surface area contributed by atoms with Crippen LogP contribution in [0.25, 0.3) is 22.5 Å². The van der Waals surface area contributed by atoms with E-state index in [9.17, 15) is 4.79 Å². The Morgan fingerprint density at radius 3 is 2.18 bits per heavy atom. The highest BCUT2D eigenvalue weighted by atomic mass is 16.5.